The van der Waals surface area contributed by atoms with Crippen molar-refractivity contribution in [3.05, 3.63) is 102 Å². The predicted octanol–water partition coefficient (Wildman–Crippen LogP) is 6.58. The van der Waals surface area contributed by atoms with Gasteiger partial charge in [-0.15, -0.1) is 0 Å². The van der Waals surface area contributed by atoms with Crippen molar-refractivity contribution in [2.75, 3.05) is 26.2 Å². The number of ether oxygens (including phenoxy) is 1. The molecular formula is C42H45N9O. The van der Waals surface area contributed by atoms with E-state index in [9.17, 15) is 5.26 Å². The Kier molecular flexibility index (Phi) is 8.48. The van der Waals surface area contributed by atoms with Gasteiger partial charge >= 0.3 is 0 Å². The lowest BCUT2D eigenvalue weighted by atomic mass is 9.91. The average Bonchev–Trinajstić information content (AvgIpc) is 3.48. The van der Waals surface area contributed by atoms with Gasteiger partial charge in [0.25, 0.3) is 0 Å². The fourth-order valence-electron chi connectivity index (χ4n) is 8.37. The summed E-state index contributed by atoms with van der Waals surface area (Å²) >= 11 is 0. The number of hydrogen-bond acceptors (Lipinski definition) is 8. The number of nitrogens with zero attached hydrogens (tertiary/aromatic N) is 9. The molecule has 1 saturated carbocycles. The van der Waals surface area contributed by atoms with E-state index in [0.29, 0.717) is 18.1 Å². The first-order valence-electron chi connectivity index (χ1n) is 18.8. The van der Waals surface area contributed by atoms with Gasteiger partial charge in [0.2, 0.25) is 5.88 Å². The van der Waals surface area contributed by atoms with Crippen molar-refractivity contribution in [1.82, 2.24) is 38.9 Å². The van der Waals surface area contributed by atoms with Gasteiger partial charge in [-0.1, -0.05) is 30.7 Å². The summed E-state index contributed by atoms with van der Waals surface area (Å²) in [6.45, 7) is 11.0. The minimum atomic E-state index is -0.113. The Morgan fingerprint density at radius 1 is 0.769 bits per heavy atom. The SMILES string of the molecule is CC(C)(Cc1cnc(OCc2ccc3nc4n(c3c2)CCN(C2CCC2)CC4)cn1)N1CCc2nc3ccc(-c4ccc(C#N)cc4)cc3n2CC1. The molecule has 0 amide bonds. The first-order chi connectivity index (χ1) is 25.4. The molecule has 10 heteroatoms. The van der Waals surface area contributed by atoms with Crippen LogP contribution in [0, 0.1) is 11.3 Å². The highest BCUT2D eigenvalue weighted by molar-refractivity contribution is 5.83. The monoisotopic (exact) mass is 691 g/mol. The minimum Gasteiger partial charge on any atom is -0.472 e. The van der Waals surface area contributed by atoms with Crippen LogP contribution in [0.5, 0.6) is 5.88 Å². The van der Waals surface area contributed by atoms with E-state index in [1.165, 1.54) is 30.6 Å². The Balaban J connectivity index is 0.824. The average molecular weight is 692 g/mol. The zero-order valence-electron chi connectivity index (χ0n) is 30.1. The Hall–Kier alpha value is -5.11. The third kappa shape index (κ3) is 6.33. The third-order valence-corrected chi connectivity index (χ3v) is 11.6. The van der Waals surface area contributed by atoms with Crippen LogP contribution < -0.4 is 4.74 Å². The maximum atomic E-state index is 9.19. The molecule has 0 bridgehead atoms. The van der Waals surface area contributed by atoms with E-state index in [4.69, 9.17) is 19.7 Å². The van der Waals surface area contributed by atoms with Crippen molar-refractivity contribution in [3.63, 3.8) is 0 Å². The van der Waals surface area contributed by atoms with E-state index in [2.05, 4.69) is 80.2 Å². The van der Waals surface area contributed by atoms with Crippen molar-refractivity contribution in [2.24, 2.45) is 0 Å². The molecule has 2 aliphatic heterocycles. The molecule has 6 aromatic rings. The molecule has 3 aromatic heterocycles. The van der Waals surface area contributed by atoms with E-state index in [1.54, 1.807) is 6.20 Å². The number of aromatic nitrogens is 6. The lowest BCUT2D eigenvalue weighted by molar-refractivity contribution is 0.121. The Bertz CT molecular complexity index is 2280. The van der Waals surface area contributed by atoms with Gasteiger partial charge in [-0.3, -0.25) is 14.8 Å². The second kappa shape index (κ2) is 13.5. The van der Waals surface area contributed by atoms with Crippen LogP contribution >= 0.6 is 0 Å². The van der Waals surface area contributed by atoms with Crippen molar-refractivity contribution < 1.29 is 4.74 Å². The van der Waals surface area contributed by atoms with Crippen LogP contribution in [0.4, 0.5) is 0 Å². The van der Waals surface area contributed by atoms with Gasteiger partial charge in [0, 0.05) is 70.1 Å². The number of benzene rings is 3. The summed E-state index contributed by atoms with van der Waals surface area (Å²) in [7, 11) is 0. The molecule has 0 unspecified atom stereocenters. The highest BCUT2D eigenvalue weighted by Gasteiger charge is 2.31. The van der Waals surface area contributed by atoms with Crippen LogP contribution in [0.2, 0.25) is 0 Å². The zero-order chi connectivity index (χ0) is 35.2. The van der Waals surface area contributed by atoms with Gasteiger partial charge in [-0.05, 0) is 79.8 Å². The molecule has 10 nitrogen and oxygen atoms in total. The molecule has 1 fully saturated rings. The van der Waals surface area contributed by atoms with Crippen molar-refractivity contribution in [3.8, 4) is 23.1 Å². The molecule has 1 aliphatic carbocycles. The summed E-state index contributed by atoms with van der Waals surface area (Å²) in [4.78, 5) is 24.7. The number of hydrogen-bond donors (Lipinski definition) is 0. The van der Waals surface area contributed by atoms with Crippen LogP contribution in [0.3, 0.4) is 0 Å². The van der Waals surface area contributed by atoms with E-state index >= 15 is 0 Å². The molecule has 0 saturated heterocycles. The minimum absolute atomic E-state index is 0.113. The number of imidazole rings is 2. The summed E-state index contributed by atoms with van der Waals surface area (Å²) in [6, 6.07) is 23.7. The molecule has 0 N–H and O–H groups in total. The van der Waals surface area contributed by atoms with Gasteiger partial charge < -0.3 is 13.9 Å². The first kappa shape index (κ1) is 32.8. The topological polar surface area (TPSA) is 101 Å². The normalized spacial score (nSPS) is 17.2. The molecule has 3 aromatic carbocycles. The van der Waals surface area contributed by atoms with Crippen molar-refractivity contribution in [1.29, 1.82) is 5.26 Å². The van der Waals surface area contributed by atoms with Crippen molar-refractivity contribution >= 4 is 22.1 Å². The first-order valence-corrected chi connectivity index (χ1v) is 18.8. The molecule has 52 heavy (non-hydrogen) atoms. The lowest BCUT2D eigenvalue weighted by Crippen LogP contribution is -2.47. The molecule has 0 spiro atoms. The summed E-state index contributed by atoms with van der Waals surface area (Å²) in [5.41, 5.74) is 9.33. The van der Waals surface area contributed by atoms with Crippen molar-refractivity contribution in [2.45, 2.75) is 83.6 Å². The molecule has 0 radical (unpaired) electrons. The van der Waals surface area contributed by atoms with E-state index < -0.39 is 0 Å². The fraction of sp³-hybridized carbons (Fsp3) is 0.405. The fourth-order valence-corrected chi connectivity index (χ4v) is 8.37. The summed E-state index contributed by atoms with van der Waals surface area (Å²) in [5.74, 6) is 2.87. The molecule has 264 valence electrons. The number of rotatable bonds is 8. The Morgan fingerprint density at radius 3 is 2.19 bits per heavy atom. The summed E-state index contributed by atoms with van der Waals surface area (Å²) < 4.78 is 10.9. The highest BCUT2D eigenvalue weighted by atomic mass is 16.5. The van der Waals surface area contributed by atoms with Crippen LogP contribution in [-0.4, -0.2) is 76.6 Å². The van der Waals surface area contributed by atoms with Crippen LogP contribution in [0.15, 0.2) is 73.1 Å². The molecular weight excluding hydrogens is 647 g/mol. The van der Waals surface area contributed by atoms with Gasteiger partial charge in [0.1, 0.15) is 18.3 Å². The maximum absolute atomic E-state index is 9.19. The van der Waals surface area contributed by atoms with Crippen LogP contribution in [0.1, 0.15) is 61.6 Å². The van der Waals surface area contributed by atoms with Gasteiger partial charge in [0.05, 0.1) is 51.8 Å². The quantitative estimate of drug-likeness (QED) is 0.177. The zero-order valence-corrected chi connectivity index (χ0v) is 30.1. The van der Waals surface area contributed by atoms with E-state index in [-0.39, 0.29) is 5.54 Å². The second-order valence-corrected chi connectivity index (χ2v) is 15.3. The molecule has 0 atom stereocenters. The number of fused-ring (bicyclic) bond motifs is 6. The predicted molar refractivity (Wildman–Crippen MR) is 202 cm³/mol. The van der Waals surface area contributed by atoms with E-state index in [0.717, 1.165) is 109 Å². The van der Waals surface area contributed by atoms with E-state index in [1.807, 2.05) is 30.5 Å². The molecule has 5 heterocycles. The van der Waals surface area contributed by atoms with Gasteiger partial charge in [-0.25, -0.2) is 15.0 Å². The smallest absolute Gasteiger partial charge is 0.232 e. The third-order valence-electron chi connectivity index (χ3n) is 11.6. The van der Waals surface area contributed by atoms with Crippen LogP contribution in [-0.2, 0) is 39.0 Å². The maximum Gasteiger partial charge on any atom is 0.232 e. The Morgan fingerprint density at radius 2 is 1.48 bits per heavy atom. The largest absolute Gasteiger partial charge is 0.472 e. The van der Waals surface area contributed by atoms with Gasteiger partial charge in [-0.2, -0.15) is 5.26 Å². The molecule has 3 aliphatic rings. The molecule has 9 rings (SSSR count). The van der Waals surface area contributed by atoms with Gasteiger partial charge in [0.15, 0.2) is 0 Å². The standard InChI is InChI=1S/C42H45N9O/c1-42(2,49-17-15-40-47-36-13-11-32(23-38(36)51(40)21-19-49)31-9-6-29(25-43)7-10-31)24-33-26-45-41(27-44-33)52-28-30-8-12-35-37(22-30)50-20-18-48(34-4-3-5-34)16-14-39(50)46-35/h6-13,22-23,26-27,34H,3-5,14-21,24,28H2,1-2H3. The number of nitriles is 1. The van der Waals surface area contributed by atoms with Crippen LogP contribution in [0.25, 0.3) is 33.2 Å². The second-order valence-electron chi connectivity index (χ2n) is 15.3. The summed E-state index contributed by atoms with van der Waals surface area (Å²) in [6.07, 6.45) is 10.4. The Labute approximate surface area is 304 Å². The highest BCUT2D eigenvalue weighted by Crippen LogP contribution is 2.30. The lowest BCUT2D eigenvalue weighted by Gasteiger charge is -2.37. The summed E-state index contributed by atoms with van der Waals surface area (Å²) in [5, 5.41) is 9.19.